The Morgan fingerprint density at radius 3 is 2.62 bits per heavy atom. The molecule has 166 valence electrons. The standard InChI is InChI=1S/C22H17F3N2O5/c23-22(24,25)12-31-11-16-14-5-1-2-6-18(14)32-19(16)21(30)27-9-3-4-13-7-8-15(20(26)29)17(28)10-13/h1-2,5-8,10,28H,9,11-12H2,(H2,26,29)(H,27,30). The number of rotatable bonds is 6. The molecule has 10 heteroatoms. The van der Waals surface area contributed by atoms with Gasteiger partial charge in [-0.3, -0.25) is 9.59 Å². The van der Waals surface area contributed by atoms with Crippen LogP contribution in [0.1, 0.15) is 32.0 Å². The van der Waals surface area contributed by atoms with Crippen molar-refractivity contribution in [1.82, 2.24) is 5.32 Å². The van der Waals surface area contributed by atoms with Crippen LogP contribution in [0.2, 0.25) is 0 Å². The van der Waals surface area contributed by atoms with E-state index in [-0.39, 0.29) is 29.2 Å². The molecule has 2 aromatic carbocycles. The minimum atomic E-state index is -4.50. The molecule has 0 saturated carbocycles. The molecular formula is C22H17F3N2O5. The third-order valence-electron chi connectivity index (χ3n) is 4.25. The third kappa shape index (κ3) is 5.59. The number of hydrogen-bond acceptors (Lipinski definition) is 5. The number of fused-ring (bicyclic) bond motifs is 1. The normalized spacial score (nSPS) is 11.1. The van der Waals surface area contributed by atoms with Gasteiger partial charge >= 0.3 is 6.18 Å². The number of nitrogens with two attached hydrogens (primary N) is 1. The Morgan fingerprint density at radius 2 is 1.94 bits per heavy atom. The average molecular weight is 446 g/mol. The number of carbonyl (C=O) groups is 2. The van der Waals surface area contributed by atoms with E-state index in [1.54, 1.807) is 24.3 Å². The van der Waals surface area contributed by atoms with Crippen LogP contribution in [-0.4, -0.2) is 36.2 Å². The molecule has 0 aliphatic heterocycles. The molecule has 1 aromatic heterocycles. The van der Waals surface area contributed by atoms with Crippen molar-refractivity contribution in [1.29, 1.82) is 0 Å². The summed E-state index contributed by atoms with van der Waals surface area (Å²) in [5.74, 6) is 3.41. The summed E-state index contributed by atoms with van der Waals surface area (Å²) in [5, 5.41) is 12.7. The molecule has 1 heterocycles. The quantitative estimate of drug-likeness (QED) is 0.504. The van der Waals surface area contributed by atoms with E-state index in [9.17, 15) is 27.9 Å². The lowest BCUT2D eigenvalue weighted by Crippen LogP contribution is -2.24. The highest BCUT2D eigenvalue weighted by molar-refractivity contribution is 5.99. The molecule has 32 heavy (non-hydrogen) atoms. The zero-order chi connectivity index (χ0) is 23.3. The smallest absolute Gasteiger partial charge is 0.411 e. The molecule has 2 amide bonds. The molecule has 0 saturated heterocycles. The number of hydrogen-bond donors (Lipinski definition) is 3. The number of alkyl halides is 3. The highest BCUT2D eigenvalue weighted by Crippen LogP contribution is 2.27. The minimum Gasteiger partial charge on any atom is -0.507 e. The monoisotopic (exact) mass is 446 g/mol. The zero-order valence-electron chi connectivity index (χ0n) is 16.5. The van der Waals surface area contributed by atoms with Gasteiger partial charge in [0.25, 0.3) is 11.8 Å². The van der Waals surface area contributed by atoms with Crippen LogP contribution in [0.25, 0.3) is 11.0 Å². The van der Waals surface area contributed by atoms with Gasteiger partial charge in [0.1, 0.15) is 17.9 Å². The Morgan fingerprint density at radius 1 is 1.19 bits per heavy atom. The van der Waals surface area contributed by atoms with Crippen LogP contribution < -0.4 is 11.1 Å². The number of primary amides is 1. The molecule has 0 aliphatic carbocycles. The van der Waals surface area contributed by atoms with E-state index < -0.39 is 31.2 Å². The molecule has 3 aromatic rings. The highest BCUT2D eigenvalue weighted by Gasteiger charge is 2.28. The molecule has 0 aliphatic rings. The molecule has 0 radical (unpaired) electrons. The maximum Gasteiger partial charge on any atom is 0.411 e. The number of phenols is 1. The number of nitrogens with one attached hydrogen (secondary N) is 1. The number of benzene rings is 2. The number of amides is 2. The summed E-state index contributed by atoms with van der Waals surface area (Å²) in [6, 6.07) is 10.6. The summed E-state index contributed by atoms with van der Waals surface area (Å²) in [6.45, 7) is -2.03. The fraction of sp³-hybridized carbons (Fsp3) is 0.182. The molecule has 7 nitrogen and oxygen atoms in total. The number of ether oxygens (including phenoxy) is 1. The summed E-state index contributed by atoms with van der Waals surface area (Å²) in [4.78, 5) is 23.7. The van der Waals surface area contributed by atoms with Crippen LogP contribution in [0, 0.1) is 11.8 Å². The summed E-state index contributed by atoms with van der Waals surface area (Å²) < 4.78 is 47.4. The van der Waals surface area contributed by atoms with Crippen molar-refractivity contribution in [2.45, 2.75) is 12.8 Å². The van der Waals surface area contributed by atoms with E-state index in [0.717, 1.165) is 0 Å². The van der Waals surface area contributed by atoms with Gasteiger partial charge in [0.15, 0.2) is 5.76 Å². The molecule has 3 rings (SSSR count). The molecular weight excluding hydrogens is 429 g/mol. The largest absolute Gasteiger partial charge is 0.507 e. The van der Waals surface area contributed by atoms with Crippen LogP contribution in [0.5, 0.6) is 5.75 Å². The first-order valence-corrected chi connectivity index (χ1v) is 9.20. The van der Waals surface area contributed by atoms with Gasteiger partial charge in [-0.05, 0) is 24.3 Å². The van der Waals surface area contributed by atoms with Gasteiger partial charge in [-0.1, -0.05) is 30.0 Å². The van der Waals surface area contributed by atoms with E-state index >= 15 is 0 Å². The Hall–Kier alpha value is -3.97. The first-order valence-electron chi connectivity index (χ1n) is 9.20. The second-order valence-corrected chi connectivity index (χ2v) is 6.59. The number of carbonyl (C=O) groups excluding carboxylic acids is 2. The summed E-state index contributed by atoms with van der Waals surface area (Å²) >= 11 is 0. The Balaban J connectivity index is 1.71. The predicted molar refractivity (Wildman–Crippen MR) is 108 cm³/mol. The van der Waals surface area contributed by atoms with Crippen molar-refractivity contribution >= 4 is 22.8 Å². The second kappa shape index (κ2) is 9.45. The fourth-order valence-electron chi connectivity index (χ4n) is 2.86. The van der Waals surface area contributed by atoms with Crippen molar-refractivity contribution < 1.29 is 37.0 Å². The highest BCUT2D eigenvalue weighted by atomic mass is 19.4. The van der Waals surface area contributed by atoms with Crippen LogP contribution in [-0.2, 0) is 11.3 Å². The van der Waals surface area contributed by atoms with E-state index in [2.05, 4.69) is 17.2 Å². The summed E-state index contributed by atoms with van der Waals surface area (Å²) in [6.07, 6.45) is -4.50. The van der Waals surface area contributed by atoms with Crippen LogP contribution in [0.15, 0.2) is 46.9 Å². The topological polar surface area (TPSA) is 115 Å². The zero-order valence-corrected chi connectivity index (χ0v) is 16.5. The van der Waals surface area contributed by atoms with E-state index in [0.29, 0.717) is 16.5 Å². The minimum absolute atomic E-state index is 0.0472. The lowest BCUT2D eigenvalue weighted by molar-refractivity contribution is -0.176. The van der Waals surface area contributed by atoms with Gasteiger partial charge in [-0.25, -0.2) is 0 Å². The van der Waals surface area contributed by atoms with Gasteiger partial charge in [-0.15, -0.1) is 0 Å². The number of aromatic hydroxyl groups is 1. The molecule has 0 spiro atoms. The first kappa shape index (κ1) is 22.7. The first-order chi connectivity index (χ1) is 15.2. The fourth-order valence-corrected chi connectivity index (χ4v) is 2.86. The Bertz CT molecular complexity index is 1220. The number of para-hydroxylation sites is 1. The van der Waals surface area contributed by atoms with Gasteiger partial charge in [0.05, 0.1) is 18.7 Å². The maximum absolute atomic E-state index is 12.5. The van der Waals surface area contributed by atoms with E-state index in [1.807, 2.05) is 0 Å². The number of furan rings is 1. The molecule has 0 atom stereocenters. The molecule has 0 unspecified atom stereocenters. The Kier molecular flexibility index (Phi) is 6.70. The summed E-state index contributed by atoms with van der Waals surface area (Å²) in [5.41, 5.74) is 5.97. The van der Waals surface area contributed by atoms with Crippen LogP contribution in [0.4, 0.5) is 13.2 Å². The lowest BCUT2D eigenvalue weighted by Gasteiger charge is -2.08. The van der Waals surface area contributed by atoms with Crippen molar-refractivity contribution in [2.75, 3.05) is 13.2 Å². The van der Waals surface area contributed by atoms with Gasteiger partial charge < -0.3 is 25.3 Å². The SMILES string of the molecule is NC(=O)c1ccc(C#CCNC(=O)c2oc3ccccc3c2COCC(F)(F)F)cc1O. The van der Waals surface area contributed by atoms with Crippen molar-refractivity contribution in [2.24, 2.45) is 5.73 Å². The third-order valence-corrected chi connectivity index (χ3v) is 4.25. The predicted octanol–water partition coefficient (Wildman–Crippen LogP) is 3.10. The van der Waals surface area contributed by atoms with Gasteiger partial charge in [-0.2, -0.15) is 13.2 Å². The molecule has 4 N–H and O–H groups in total. The van der Waals surface area contributed by atoms with Crippen LogP contribution in [0.3, 0.4) is 0 Å². The van der Waals surface area contributed by atoms with Crippen molar-refractivity contribution in [3.63, 3.8) is 0 Å². The molecule has 0 fully saturated rings. The van der Waals surface area contributed by atoms with Gasteiger partial charge in [0, 0.05) is 16.5 Å². The Labute approximate surface area is 180 Å². The van der Waals surface area contributed by atoms with Crippen molar-refractivity contribution in [3.8, 4) is 17.6 Å². The second-order valence-electron chi connectivity index (χ2n) is 6.59. The number of halogens is 3. The van der Waals surface area contributed by atoms with E-state index in [4.69, 9.17) is 14.9 Å². The van der Waals surface area contributed by atoms with Crippen LogP contribution >= 0.6 is 0 Å². The van der Waals surface area contributed by atoms with Crippen molar-refractivity contribution in [3.05, 3.63) is 64.9 Å². The molecule has 0 bridgehead atoms. The lowest BCUT2D eigenvalue weighted by atomic mass is 10.1. The van der Waals surface area contributed by atoms with Gasteiger partial charge in [0.2, 0.25) is 0 Å². The van der Waals surface area contributed by atoms with E-state index in [1.165, 1.54) is 18.2 Å². The average Bonchev–Trinajstić information content (AvgIpc) is 3.09. The maximum atomic E-state index is 12.5. The summed E-state index contributed by atoms with van der Waals surface area (Å²) in [7, 11) is 0.